The molecule has 0 aromatic carbocycles. The number of carbonyl (C=O) groups excluding carboxylic acids is 1. The first-order chi connectivity index (χ1) is 36.3. The molecule has 0 bridgehead atoms. The summed E-state index contributed by atoms with van der Waals surface area (Å²) < 4.78 is 11.3. The molecule has 1 rings (SSSR count). The van der Waals surface area contributed by atoms with Crippen LogP contribution < -0.4 is 5.32 Å². The summed E-state index contributed by atoms with van der Waals surface area (Å²) in [6, 6.07) is -0.802. The Bertz CT molecular complexity index is 1210. The Morgan fingerprint density at radius 1 is 0.446 bits per heavy atom. The van der Waals surface area contributed by atoms with Gasteiger partial charge in [-0.3, -0.25) is 4.79 Å². The maximum atomic E-state index is 13.1. The standard InChI is InChI=1S/C65H125NO8/c1-3-5-7-9-11-13-15-17-19-20-21-22-23-24-25-26-27-28-29-30-31-32-33-34-35-36-37-38-39-40-41-43-45-47-49-51-53-55-61(69)66-58(57-73-65-64(72)63(71)62(70)60(56-67)74-65)59(68)54-52-50-48-46-44-42-18-16-14-12-10-8-6-4-2/h28-29,52,54,58-60,62-65,67-68,70-72H,3-27,30-51,53,55-57H2,1-2H3,(H,66,69)/b29-28-,54-52+. The zero-order valence-electron chi connectivity index (χ0n) is 48.9. The van der Waals surface area contributed by atoms with Gasteiger partial charge in [-0.05, 0) is 44.9 Å². The van der Waals surface area contributed by atoms with Crippen molar-refractivity contribution in [2.75, 3.05) is 13.2 Å². The highest BCUT2D eigenvalue weighted by Crippen LogP contribution is 2.23. The third kappa shape index (κ3) is 43.6. The van der Waals surface area contributed by atoms with Crippen LogP contribution in [0.5, 0.6) is 0 Å². The Hall–Kier alpha value is -1.33. The zero-order chi connectivity index (χ0) is 53.6. The van der Waals surface area contributed by atoms with Crippen molar-refractivity contribution in [2.24, 2.45) is 0 Å². The lowest BCUT2D eigenvalue weighted by Gasteiger charge is -2.40. The van der Waals surface area contributed by atoms with E-state index in [9.17, 15) is 30.3 Å². The van der Waals surface area contributed by atoms with E-state index in [0.717, 1.165) is 38.5 Å². The normalized spacial score (nSPS) is 19.0. The van der Waals surface area contributed by atoms with Crippen LogP contribution in [0.2, 0.25) is 0 Å². The maximum absolute atomic E-state index is 13.1. The smallest absolute Gasteiger partial charge is 0.220 e. The van der Waals surface area contributed by atoms with Gasteiger partial charge in [0.15, 0.2) is 6.29 Å². The molecule has 0 spiro atoms. The van der Waals surface area contributed by atoms with Gasteiger partial charge in [0.05, 0.1) is 25.4 Å². The lowest BCUT2D eigenvalue weighted by molar-refractivity contribution is -0.302. The number of hydrogen-bond donors (Lipinski definition) is 6. The van der Waals surface area contributed by atoms with Gasteiger partial charge in [-0.15, -0.1) is 0 Å². The van der Waals surface area contributed by atoms with Gasteiger partial charge in [0.25, 0.3) is 0 Å². The monoisotopic (exact) mass is 1050 g/mol. The minimum atomic E-state index is -1.56. The van der Waals surface area contributed by atoms with Crippen molar-refractivity contribution in [2.45, 2.75) is 371 Å². The first kappa shape index (κ1) is 70.7. The molecule has 1 saturated heterocycles. The van der Waals surface area contributed by atoms with Gasteiger partial charge < -0.3 is 40.3 Å². The fourth-order valence-corrected chi connectivity index (χ4v) is 10.6. The second-order valence-corrected chi connectivity index (χ2v) is 22.9. The molecule has 1 aliphatic rings. The summed E-state index contributed by atoms with van der Waals surface area (Å²) in [6.07, 6.45) is 64.3. The van der Waals surface area contributed by atoms with Gasteiger partial charge in [-0.2, -0.15) is 0 Å². The number of hydrogen-bond acceptors (Lipinski definition) is 8. The van der Waals surface area contributed by atoms with E-state index in [1.165, 1.54) is 270 Å². The van der Waals surface area contributed by atoms with Crippen LogP contribution in [0.3, 0.4) is 0 Å². The molecule has 0 aliphatic carbocycles. The molecule has 6 N–H and O–H groups in total. The maximum Gasteiger partial charge on any atom is 0.220 e. The lowest BCUT2D eigenvalue weighted by Crippen LogP contribution is -2.60. The molecule has 7 unspecified atom stereocenters. The Labute approximate surface area is 458 Å². The summed E-state index contributed by atoms with van der Waals surface area (Å²) in [4.78, 5) is 13.1. The number of rotatable bonds is 57. The molecule has 74 heavy (non-hydrogen) atoms. The second-order valence-electron chi connectivity index (χ2n) is 22.9. The van der Waals surface area contributed by atoms with Gasteiger partial charge >= 0.3 is 0 Å². The number of nitrogens with one attached hydrogen (secondary N) is 1. The van der Waals surface area contributed by atoms with Crippen molar-refractivity contribution in [3.63, 3.8) is 0 Å². The average molecular weight is 1050 g/mol. The number of carbonyl (C=O) groups is 1. The number of aliphatic hydroxyl groups excluding tert-OH is 5. The van der Waals surface area contributed by atoms with Crippen LogP contribution in [0, 0.1) is 0 Å². The topological polar surface area (TPSA) is 149 Å². The highest BCUT2D eigenvalue weighted by atomic mass is 16.7. The van der Waals surface area contributed by atoms with Gasteiger partial charge in [-0.25, -0.2) is 0 Å². The molecule has 0 aromatic heterocycles. The zero-order valence-corrected chi connectivity index (χ0v) is 48.9. The molecule has 0 radical (unpaired) electrons. The van der Waals surface area contributed by atoms with Crippen LogP contribution in [0.4, 0.5) is 0 Å². The molecular weight excluding hydrogens is 923 g/mol. The first-order valence-corrected chi connectivity index (χ1v) is 32.6. The minimum absolute atomic E-state index is 0.172. The number of amides is 1. The molecule has 1 heterocycles. The van der Waals surface area contributed by atoms with Crippen LogP contribution in [-0.4, -0.2) is 87.5 Å². The van der Waals surface area contributed by atoms with Crippen molar-refractivity contribution in [3.8, 4) is 0 Å². The fraction of sp³-hybridized carbons (Fsp3) is 0.923. The van der Waals surface area contributed by atoms with E-state index in [-0.39, 0.29) is 12.5 Å². The number of allylic oxidation sites excluding steroid dienone is 3. The van der Waals surface area contributed by atoms with E-state index in [4.69, 9.17) is 9.47 Å². The molecule has 0 aromatic rings. The third-order valence-electron chi connectivity index (χ3n) is 15.8. The molecule has 438 valence electrons. The number of ether oxygens (including phenoxy) is 2. The first-order valence-electron chi connectivity index (χ1n) is 32.6. The molecular formula is C65H125NO8. The van der Waals surface area contributed by atoms with E-state index >= 15 is 0 Å². The largest absolute Gasteiger partial charge is 0.394 e. The van der Waals surface area contributed by atoms with E-state index in [1.54, 1.807) is 6.08 Å². The highest BCUT2D eigenvalue weighted by Gasteiger charge is 2.44. The van der Waals surface area contributed by atoms with Crippen molar-refractivity contribution in [1.82, 2.24) is 5.32 Å². The van der Waals surface area contributed by atoms with Gasteiger partial charge in [0.1, 0.15) is 24.4 Å². The third-order valence-corrected chi connectivity index (χ3v) is 15.8. The summed E-state index contributed by atoms with van der Waals surface area (Å²) in [5, 5.41) is 54.5. The van der Waals surface area contributed by atoms with E-state index in [1.807, 2.05) is 6.08 Å². The van der Waals surface area contributed by atoms with Crippen LogP contribution in [-0.2, 0) is 14.3 Å². The highest BCUT2D eigenvalue weighted by molar-refractivity contribution is 5.76. The molecule has 1 aliphatic heterocycles. The average Bonchev–Trinajstić information content (AvgIpc) is 3.40. The van der Waals surface area contributed by atoms with E-state index in [2.05, 4.69) is 31.3 Å². The van der Waals surface area contributed by atoms with E-state index in [0.29, 0.717) is 6.42 Å². The molecule has 9 heteroatoms. The molecule has 1 fully saturated rings. The second kappa shape index (κ2) is 55.0. The van der Waals surface area contributed by atoms with Crippen molar-refractivity contribution in [1.29, 1.82) is 0 Å². The van der Waals surface area contributed by atoms with Crippen LogP contribution >= 0.6 is 0 Å². The van der Waals surface area contributed by atoms with Crippen LogP contribution in [0.15, 0.2) is 24.3 Å². The van der Waals surface area contributed by atoms with Gasteiger partial charge in [-0.1, -0.05) is 301 Å². The van der Waals surface area contributed by atoms with Gasteiger partial charge in [0.2, 0.25) is 5.91 Å². The van der Waals surface area contributed by atoms with Crippen molar-refractivity contribution >= 4 is 5.91 Å². The van der Waals surface area contributed by atoms with E-state index < -0.39 is 49.5 Å². The number of unbranched alkanes of at least 4 members (excludes halogenated alkanes) is 45. The summed E-state index contributed by atoms with van der Waals surface area (Å²) in [5.41, 5.74) is 0. The van der Waals surface area contributed by atoms with Crippen LogP contribution in [0.1, 0.15) is 328 Å². The summed E-state index contributed by atoms with van der Waals surface area (Å²) in [6.45, 7) is 3.81. The predicted molar refractivity (Wildman–Crippen MR) is 314 cm³/mol. The molecule has 0 saturated carbocycles. The van der Waals surface area contributed by atoms with Crippen molar-refractivity contribution < 1.29 is 39.8 Å². The van der Waals surface area contributed by atoms with Crippen molar-refractivity contribution in [3.05, 3.63) is 24.3 Å². The Kier molecular flexibility index (Phi) is 52.5. The summed E-state index contributed by atoms with van der Waals surface area (Å²) >= 11 is 0. The fourth-order valence-electron chi connectivity index (χ4n) is 10.6. The van der Waals surface area contributed by atoms with Crippen LogP contribution in [0.25, 0.3) is 0 Å². The lowest BCUT2D eigenvalue weighted by atomic mass is 9.99. The summed E-state index contributed by atoms with van der Waals surface area (Å²) in [5.74, 6) is -0.172. The predicted octanol–water partition coefficient (Wildman–Crippen LogP) is 16.9. The molecule has 7 atom stereocenters. The quantitative estimate of drug-likeness (QED) is 0.0261. The molecule has 1 amide bonds. The molecule has 9 nitrogen and oxygen atoms in total. The Morgan fingerprint density at radius 2 is 0.757 bits per heavy atom. The Balaban J connectivity index is 2.05. The number of aliphatic hydroxyl groups is 5. The summed E-state index contributed by atoms with van der Waals surface area (Å²) in [7, 11) is 0. The SMILES string of the molecule is CCCCCCCCCCCCCC/C=C/C(O)C(COC1OC(CO)C(O)C(O)C1O)NC(=O)CCCCCCCCCCCCCCCCCCC/C=C\CCCCCCCCCCCCCCCCCC. The minimum Gasteiger partial charge on any atom is -0.394 e. The Morgan fingerprint density at radius 3 is 1.09 bits per heavy atom. The van der Waals surface area contributed by atoms with Gasteiger partial charge in [0, 0.05) is 6.42 Å².